The average Bonchev–Trinajstić information content (AvgIpc) is 3.79. The van der Waals surface area contributed by atoms with Gasteiger partial charge in [-0.2, -0.15) is 0 Å². The molecule has 8 rings (SSSR count). The minimum atomic E-state index is -0.418. The van der Waals surface area contributed by atoms with E-state index in [0.29, 0.717) is 83.7 Å². The lowest BCUT2D eigenvalue weighted by Crippen LogP contribution is -2.39. The molecule has 1 aromatic heterocycles. The molecule has 1 saturated heterocycles. The van der Waals surface area contributed by atoms with Crippen molar-refractivity contribution in [2.75, 3.05) is 47.1 Å². The molecule has 1 unspecified atom stereocenters. The van der Waals surface area contributed by atoms with Crippen LogP contribution in [-0.2, 0) is 50.6 Å². The molecular weight excluding hydrogens is 1060 g/mol. The van der Waals surface area contributed by atoms with Crippen LogP contribution in [0.1, 0.15) is 119 Å². The van der Waals surface area contributed by atoms with Crippen molar-refractivity contribution in [1.29, 1.82) is 0 Å². The van der Waals surface area contributed by atoms with E-state index in [1.807, 2.05) is 72.8 Å². The van der Waals surface area contributed by atoms with E-state index in [1.165, 1.54) is 21.7 Å². The topological polar surface area (TPSA) is 168 Å². The van der Waals surface area contributed by atoms with Gasteiger partial charge in [0.2, 0.25) is 11.8 Å². The van der Waals surface area contributed by atoms with Gasteiger partial charge in [-0.05, 0) is 147 Å². The molecule has 3 fully saturated rings. The first-order valence-electron chi connectivity index (χ1n) is 28.0. The zero-order valence-electron chi connectivity index (χ0n) is 46.6. The number of benzene rings is 4. The maximum absolute atomic E-state index is 13.7. The number of nitrogens with zero attached hydrogens (tertiary/aromatic N) is 5. The van der Waals surface area contributed by atoms with Crippen molar-refractivity contribution >= 4 is 47.0 Å². The van der Waals surface area contributed by atoms with Gasteiger partial charge < -0.3 is 28.3 Å². The molecule has 0 N–H and O–H groups in total. The Bertz CT molecular complexity index is 3030. The highest BCUT2D eigenvalue weighted by atomic mass is 35.5. The number of carbonyl (C=O) groups excluding carboxylic acids is 4. The number of likely N-dealkylation sites (tertiary alicyclic amines) is 1. The van der Waals surface area contributed by atoms with E-state index in [1.54, 1.807) is 21.3 Å². The van der Waals surface area contributed by atoms with E-state index in [9.17, 15) is 28.8 Å². The third-order valence-electron chi connectivity index (χ3n) is 16.3. The lowest BCUT2D eigenvalue weighted by molar-refractivity contribution is -0.167. The molecule has 18 heteroatoms. The first-order valence-corrected chi connectivity index (χ1v) is 28.8. The first kappa shape index (κ1) is 59.7. The molecule has 4 aromatic carbocycles. The number of imide groups is 1. The number of methoxy groups -OCH3 is 2. The van der Waals surface area contributed by atoms with Crippen LogP contribution >= 0.6 is 23.2 Å². The van der Waals surface area contributed by atoms with Gasteiger partial charge in [0.1, 0.15) is 13.2 Å². The molecule has 1 aliphatic heterocycles. The quantitative estimate of drug-likeness (QED) is 0.0308. The Morgan fingerprint density at radius 1 is 0.613 bits per heavy atom. The maximum Gasteiger partial charge on any atom is 0.330 e. The van der Waals surface area contributed by atoms with Gasteiger partial charge in [-0.3, -0.25) is 43.2 Å². The van der Waals surface area contributed by atoms with E-state index in [-0.39, 0.29) is 74.9 Å². The highest BCUT2D eigenvalue weighted by molar-refractivity contribution is 6.30. The Balaban J connectivity index is 0.839. The Morgan fingerprint density at radius 3 is 1.59 bits per heavy atom. The second-order valence-electron chi connectivity index (χ2n) is 21.5. The normalized spacial score (nSPS) is 19.2. The van der Waals surface area contributed by atoms with Gasteiger partial charge in [0, 0.05) is 80.5 Å². The molecule has 80 heavy (non-hydrogen) atoms. The number of halogens is 2. The fraction of sp³-hybridized carbons (Fsp3) is 0.484. The molecule has 5 aromatic rings. The fourth-order valence-electron chi connectivity index (χ4n) is 11.6. The molecule has 2 aliphatic carbocycles. The molecule has 2 atom stereocenters. The van der Waals surface area contributed by atoms with Crippen LogP contribution in [0.25, 0.3) is 0 Å². The summed E-state index contributed by atoms with van der Waals surface area (Å²) in [6.07, 6.45) is 8.62. The van der Waals surface area contributed by atoms with Crippen molar-refractivity contribution in [3.63, 3.8) is 0 Å². The van der Waals surface area contributed by atoms with Crippen LogP contribution in [0.5, 0.6) is 23.0 Å². The zero-order chi connectivity index (χ0) is 56.9. The molecule has 0 spiro atoms. The van der Waals surface area contributed by atoms with Gasteiger partial charge in [-0.15, -0.1) is 0 Å². The minimum Gasteiger partial charge on any atom is -0.493 e. The van der Waals surface area contributed by atoms with Crippen LogP contribution in [0, 0.1) is 23.7 Å². The molecule has 0 radical (unpaired) electrons. The van der Waals surface area contributed by atoms with E-state index in [2.05, 4.69) is 35.8 Å². The Kier molecular flexibility index (Phi) is 21.1. The van der Waals surface area contributed by atoms with Gasteiger partial charge >= 0.3 is 17.6 Å². The predicted molar refractivity (Wildman–Crippen MR) is 306 cm³/mol. The Labute approximate surface area is 478 Å². The summed E-state index contributed by atoms with van der Waals surface area (Å²) in [5, 5.41) is 1.34. The van der Waals surface area contributed by atoms with Crippen LogP contribution < -0.4 is 30.2 Å². The first-order chi connectivity index (χ1) is 38.6. The Morgan fingerprint density at radius 2 is 1.09 bits per heavy atom. The number of hydrogen-bond donors (Lipinski definition) is 0. The van der Waals surface area contributed by atoms with Gasteiger partial charge in [-0.1, -0.05) is 66.5 Å². The summed E-state index contributed by atoms with van der Waals surface area (Å²) in [7, 11) is 4.77. The third-order valence-corrected chi connectivity index (χ3v) is 16.8. The van der Waals surface area contributed by atoms with Crippen LogP contribution in [0.15, 0.2) is 107 Å². The number of aromatic nitrogens is 2. The van der Waals surface area contributed by atoms with Crippen LogP contribution in [-0.4, -0.2) is 94.7 Å². The lowest BCUT2D eigenvalue weighted by atomic mass is 9.80. The van der Waals surface area contributed by atoms with E-state index < -0.39 is 23.2 Å². The molecule has 16 nitrogen and oxygen atoms in total. The molecule has 2 amide bonds. The SMILES string of the molecule is CCC(c1ccc(Cl)cc1)N(Cc1ccc(OCCN2C(=O)CCC2=O)c(OC)c1)CC1CCC(C(=O)OC(=O)C2CCC(CN(Cc3ccc(OCCn4c(=O)ccn(C)c4=O)c(OC)c3)[C@@H](C)c3ccc(Cl)cc3)CC2)CC1. The van der Waals surface area contributed by atoms with Gasteiger partial charge in [0.05, 0.1) is 39.1 Å². The van der Waals surface area contributed by atoms with Crippen molar-refractivity contribution in [2.24, 2.45) is 30.7 Å². The van der Waals surface area contributed by atoms with Crippen molar-refractivity contribution < 1.29 is 42.9 Å². The second kappa shape index (κ2) is 28.3. The largest absolute Gasteiger partial charge is 0.493 e. The highest BCUT2D eigenvalue weighted by Gasteiger charge is 2.35. The molecule has 3 aliphatic rings. The van der Waals surface area contributed by atoms with E-state index in [0.717, 1.165) is 72.0 Å². The van der Waals surface area contributed by atoms with Crippen LogP contribution in [0.2, 0.25) is 10.0 Å². The van der Waals surface area contributed by atoms with Gasteiger partial charge in [0.25, 0.3) is 5.56 Å². The molecular formula is C62H75Cl2N5O11. The van der Waals surface area contributed by atoms with Crippen molar-refractivity contribution in [1.82, 2.24) is 23.8 Å². The third kappa shape index (κ3) is 15.5. The molecule has 2 saturated carbocycles. The average molecular weight is 1140 g/mol. The number of rotatable bonds is 25. The summed E-state index contributed by atoms with van der Waals surface area (Å²) in [5.74, 6) is 0.884. The predicted octanol–water partition coefficient (Wildman–Crippen LogP) is 10.4. The summed E-state index contributed by atoms with van der Waals surface area (Å²) in [6.45, 7) is 7.69. The number of hydrogen-bond acceptors (Lipinski definition) is 13. The zero-order valence-corrected chi connectivity index (χ0v) is 48.1. The number of aryl methyl sites for hydroxylation is 1. The second-order valence-corrected chi connectivity index (χ2v) is 22.4. The lowest BCUT2D eigenvalue weighted by Gasteiger charge is -2.37. The summed E-state index contributed by atoms with van der Waals surface area (Å²) < 4.78 is 31.8. The fourth-order valence-corrected chi connectivity index (χ4v) is 11.9. The highest BCUT2D eigenvalue weighted by Crippen LogP contribution is 2.38. The summed E-state index contributed by atoms with van der Waals surface area (Å²) in [4.78, 5) is 82.6. The number of carbonyl (C=O) groups is 4. The standard InChI is InChI=1S/C62H75Cl2N5O11/c1-6-52(47-19-23-51(64)24-20-47)67(40-45-12-26-53(56(36-45)77-5)78-33-31-68-57(70)27-28-58(68)71)38-43-9-15-49(16-10-43)61(74)80-60(73)48-13-7-42(8-14-48)37-66(41(2)46-17-21-50(63)22-18-46)39-44-11-25-54(55(35-44)76-4)79-34-32-69-59(72)29-30-65(3)62(69)75/h11-12,17-26,29-30,35-36,41-43,48-49,52H,6-10,13-16,27-28,31-34,37-40H2,1-5H3/t41-,42?,43?,48?,49?,52?/m0/s1. The smallest absolute Gasteiger partial charge is 0.330 e. The minimum absolute atomic E-state index is 0.0276. The van der Waals surface area contributed by atoms with Crippen molar-refractivity contribution in [3.8, 4) is 23.0 Å². The van der Waals surface area contributed by atoms with E-state index in [4.69, 9.17) is 46.9 Å². The summed E-state index contributed by atoms with van der Waals surface area (Å²) in [5.41, 5.74) is 3.52. The van der Waals surface area contributed by atoms with Crippen LogP contribution in [0.4, 0.5) is 0 Å². The Hall–Kier alpha value is -6.46. The van der Waals surface area contributed by atoms with E-state index >= 15 is 0 Å². The monoisotopic (exact) mass is 1140 g/mol. The van der Waals surface area contributed by atoms with Crippen molar-refractivity contribution in [3.05, 3.63) is 150 Å². The number of ether oxygens (including phenoxy) is 5. The van der Waals surface area contributed by atoms with Crippen molar-refractivity contribution in [2.45, 2.75) is 116 Å². The summed E-state index contributed by atoms with van der Waals surface area (Å²) in [6, 6.07) is 29.0. The molecule has 0 bridgehead atoms. The van der Waals surface area contributed by atoms with Gasteiger partial charge in [-0.25, -0.2) is 4.79 Å². The number of esters is 2. The summed E-state index contributed by atoms with van der Waals surface area (Å²) >= 11 is 12.6. The maximum atomic E-state index is 13.7. The molecule has 2 heterocycles. The van der Waals surface area contributed by atoms with Crippen LogP contribution in [0.3, 0.4) is 0 Å². The van der Waals surface area contributed by atoms with Gasteiger partial charge in [0.15, 0.2) is 23.0 Å². The molecule has 428 valence electrons. The number of amides is 2.